The molecule has 0 aromatic heterocycles. The summed E-state index contributed by atoms with van der Waals surface area (Å²) in [6, 6.07) is 3.37. The number of halogens is 4. The van der Waals surface area contributed by atoms with Crippen molar-refractivity contribution in [1.82, 2.24) is 5.32 Å². The molecule has 7 heteroatoms. The van der Waals surface area contributed by atoms with Crippen LogP contribution in [0.25, 0.3) is 0 Å². The summed E-state index contributed by atoms with van der Waals surface area (Å²) in [4.78, 5) is 11.5. The maximum absolute atomic E-state index is 12.5. The summed E-state index contributed by atoms with van der Waals surface area (Å²) in [5, 5.41) is 5.71. The van der Waals surface area contributed by atoms with Crippen LogP contribution >= 0.6 is 15.9 Å². The summed E-state index contributed by atoms with van der Waals surface area (Å²) < 4.78 is 37.9. The van der Waals surface area contributed by atoms with E-state index in [9.17, 15) is 18.0 Å². The van der Waals surface area contributed by atoms with Crippen LogP contribution in [0.15, 0.2) is 22.7 Å². The van der Waals surface area contributed by atoms with Gasteiger partial charge in [-0.15, -0.1) is 0 Å². The van der Waals surface area contributed by atoms with Crippen LogP contribution in [0.1, 0.15) is 25.8 Å². The molecule has 0 radical (unpaired) electrons. The lowest BCUT2D eigenvalue weighted by Gasteiger charge is -2.12. The van der Waals surface area contributed by atoms with Crippen LogP contribution in [0.2, 0.25) is 0 Å². The van der Waals surface area contributed by atoms with Gasteiger partial charge in [-0.1, -0.05) is 13.8 Å². The van der Waals surface area contributed by atoms with Gasteiger partial charge in [0.15, 0.2) is 0 Å². The maximum atomic E-state index is 12.5. The number of benzene rings is 1. The van der Waals surface area contributed by atoms with E-state index in [0.29, 0.717) is 29.2 Å². The van der Waals surface area contributed by atoms with Crippen molar-refractivity contribution in [1.29, 1.82) is 0 Å². The minimum absolute atomic E-state index is 0.0840. The van der Waals surface area contributed by atoms with Gasteiger partial charge in [0.05, 0.1) is 5.56 Å². The Labute approximate surface area is 130 Å². The number of nitrogens with one attached hydrogen (secondary N) is 2. The Morgan fingerprint density at radius 2 is 2.00 bits per heavy atom. The van der Waals surface area contributed by atoms with Crippen molar-refractivity contribution < 1.29 is 18.0 Å². The summed E-state index contributed by atoms with van der Waals surface area (Å²) in [5.74, 6) is 0.296. The van der Waals surface area contributed by atoms with E-state index in [1.807, 2.05) is 13.8 Å². The standard InChI is InChI=1S/C14H18BrF3N2O/c1-9(2)8-20-13(21)5-6-19-12-4-3-10(7-11(12)15)14(16,17)18/h3-4,7,9,19H,5-6,8H2,1-2H3,(H,20,21). The molecule has 0 aliphatic heterocycles. The molecule has 3 nitrogen and oxygen atoms in total. The number of hydrogen-bond acceptors (Lipinski definition) is 2. The maximum Gasteiger partial charge on any atom is 0.416 e. The van der Waals surface area contributed by atoms with Gasteiger partial charge in [-0.25, -0.2) is 0 Å². The number of carbonyl (C=O) groups is 1. The van der Waals surface area contributed by atoms with Crippen LogP contribution < -0.4 is 10.6 Å². The van der Waals surface area contributed by atoms with E-state index in [1.54, 1.807) is 0 Å². The first-order chi connectivity index (χ1) is 9.70. The lowest BCUT2D eigenvalue weighted by Crippen LogP contribution is -2.28. The highest BCUT2D eigenvalue weighted by Gasteiger charge is 2.30. The van der Waals surface area contributed by atoms with Gasteiger partial charge >= 0.3 is 6.18 Å². The van der Waals surface area contributed by atoms with Crippen molar-refractivity contribution in [3.63, 3.8) is 0 Å². The van der Waals surface area contributed by atoms with Gasteiger partial charge in [-0.3, -0.25) is 4.79 Å². The SMILES string of the molecule is CC(C)CNC(=O)CCNc1ccc(C(F)(F)F)cc1Br. The van der Waals surface area contributed by atoms with Crippen LogP contribution in [0, 0.1) is 5.92 Å². The number of alkyl halides is 3. The number of rotatable bonds is 6. The van der Waals surface area contributed by atoms with Gasteiger partial charge in [0, 0.05) is 29.7 Å². The highest BCUT2D eigenvalue weighted by molar-refractivity contribution is 9.10. The molecule has 0 fully saturated rings. The summed E-state index contributed by atoms with van der Waals surface area (Å²) in [6.07, 6.45) is -4.10. The second kappa shape index (κ2) is 7.68. The molecule has 2 N–H and O–H groups in total. The van der Waals surface area contributed by atoms with E-state index in [2.05, 4.69) is 26.6 Å². The quantitative estimate of drug-likeness (QED) is 0.797. The molecule has 0 unspecified atom stereocenters. The van der Waals surface area contributed by atoms with Gasteiger partial charge < -0.3 is 10.6 Å². The van der Waals surface area contributed by atoms with Crippen molar-refractivity contribution in [2.75, 3.05) is 18.4 Å². The Morgan fingerprint density at radius 3 is 2.52 bits per heavy atom. The lowest BCUT2D eigenvalue weighted by atomic mass is 10.2. The predicted octanol–water partition coefficient (Wildman–Crippen LogP) is 4.04. The van der Waals surface area contributed by atoms with Gasteiger partial charge in [0.1, 0.15) is 0 Å². The number of anilines is 1. The topological polar surface area (TPSA) is 41.1 Å². The van der Waals surface area contributed by atoms with Crippen molar-refractivity contribution in [2.45, 2.75) is 26.4 Å². The minimum atomic E-state index is -4.36. The van der Waals surface area contributed by atoms with Crippen LogP contribution in [0.3, 0.4) is 0 Å². The molecule has 1 aromatic carbocycles. The van der Waals surface area contributed by atoms with Gasteiger partial charge in [-0.2, -0.15) is 13.2 Å². The second-order valence-electron chi connectivity index (χ2n) is 5.07. The molecular weight excluding hydrogens is 349 g/mol. The molecule has 0 atom stereocenters. The smallest absolute Gasteiger partial charge is 0.384 e. The van der Waals surface area contributed by atoms with Crippen molar-refractivity contribution >= 4 is 27.5 Å². The zero-order valence-corrected chi connectivity index (χ0v) is 13.4. The average Bonchev–Trinajstić information content (AvgIpc) is 2.37. The minimum Gasteiger partial charge on any atom is -0.384 e. The first-order valence-electron chi connectivity index (χ1n) is 6.57. The molecule has 21 heavy (non-hydrogen) atoms. The fraction of sp³-hybridized carbons (Fsp3) is 0.500. The van der Waals surface area contributed by atoms with E-state index >= 15 is 0 Å². The third-order valence-electron chi connectivity index (χ3n) is 2.67. The van der Waals surface area contributed by atoms with Crippen LogP contribution in [-0.2, 0) is 11.0 Å². The van der Waals surface area contributed by atoms with E-state index in [0.717, 1.165) is 12.1 Å². The third-order valence-corrected chi connectivity index (χ3v) is 3.33. The highest BCUT2D eigenvalue weighted by atomic mass is 79.9. The molecule has 0 aliphatic rings. The van der Waals surface area contributed by atoms with Crippen molar-refractivity contribution in [3.8, 4) is 0 Å². The van der Waals surface area contributed by atoms with Gasteiger partial charge in [0.25, 0.3) is 0 Å². The number of amides is 1. The molecule has 118 valence electrons. The molecule has 1 amide bonds. The summed E-state index contributed by atoms with van der Waals surface area (Å²) in [5.41, 5.74) is -0.186. The molecule has 1 aromatic rings. The summed E-state index contributed by atoms with van der Waals surface area (Å²) >= 11 is 3.09. The van der Waals surface area contributed by atoms with E-state index in [1.165, 1.54) is 6.07 Å². The van der Waals surface area contributed by atoms with Crippen LogP contribution in [0.4, 0.5) is 18.9 Å². The monoisotopic (exact) mass is 366 g/mol. The third kappa shape index (κ3) is 6.37. The van der Waals surface area contributed by atoms with E-state index in [-0.39, 0.29) is 12.3 Å². The average molecular weight is 367 g/mol. The molecule has 0 heterocycles. The van der Waals surface area contributed by atoms with Crippen LogP contribution in [-0.4, -0.2) is 19.0 Å². The van der Waals surface area contributed by atoms with E-state index in [4.69, 9.17) is 0 Å². The Bertz CT molecular complexity index is 490. The molecule has 0 bridgehead atoms. The van der Waals surface area contributed by atoms with Gasteiger partial charge in [0.2, 0.25) is 5.91 Å². The van der Waals surface area contributed by atoms with Crippen molar-refractivity contribution in [2.24, 2.45) is 5.92 Å². The Morgan fingerprint density at radius 1 is 1.33 bits per heavy atom. The van der Waals surface area contributed by atoms with Crippen LogP contribution in [0.5, 0.6) is 0 Å². The number of hydrogen-bond donors (Lipinski definition) is 2. The summed E-state index contributed by atoms with van der Waals surface area (Å²) in [6.45, 7) is 4.96. The number of carbonyl (C=O) groups excluding carboxylic acids is 1. The molecule has 0 saturated heterocycles. The zero-order chi connectivity index (χ0) is 16.0. The Kier molecular flexibility index (Phi) is 6.51. The Hall–Kier alpha value is -1.24. The largest absolute Gasteiger partial charge is 0.416 e. The summed E-state index contributed by atoms with van der Waals surface area (Å²) in [7, 11) is 0. The van der Waals surface area contributed by atoms with Gasteiger partial charge in [-0.05, 0) is 40.0 Å². The molecule has 0 saturated carbocycles. The van der Waals surface area contributed by atoms with E-state index < -0.39 is 11.7 Å². The second-order valence-corrected chi connectivity index (χ2v) is 5.92. The molecular formula is C14H18BrF3N2O. The molecule has 1 rings (SSSR count). The first kappa shape index (κ1) is 17.8. The fourth-order valence-electron chi connectivity index (χ4n) is 1.55. The first-order valence-corrected chi connectivity index (χ1v) is 7.36. The Balaban J connectivity index is 2.48. The lowest BCUT2D eigenvalue weighted by molar-refractivity contribution is -0.137. The fourth-order valence-corrected chi connectivity index (χ4v) is 2.07. The zero-order valence-electron chi connectivity index (χ0n) is 11.9. The predicted molar refractivity (Wildman–Crippen MR) is 80.1 cm³/mol. The molecule has 0 spiro atoms. The highest BCUT2D eigenvalue weighted by Crippen LogP contribution is 2.33. The van der Waals surface area contributed by atoms with Crippen molar-refractivity contribution in [3.05, 3.63) is 28.2 Å². The molecule has 0 aliphatic carbocycles. The normalized spacial score (nSPS) is 11.6.